The van der Waals surface area contributed by atoms with E-state index in [-0.39, 0.29) is 0 Å². The zero-order valence-corrected chi connectivity index (χ0v) is 12.4. The number of nitrogens with one attached hydrogen (secondary N) is 2. The molecule has 1 aromatic heterocycles. The number of hydrogen-bond acceptors (Lipinski definition) is 2. The molecule has 2 rings (SSSR count). The van der Waals surface area contributed by atoms with Crippen LogP contribution in [-0.2, 0) is 12.6 Å². The molecular formula is C15H15F3N2OS. The second kappa shape index (κ2) is 7.31. The van der Waals surface area contributed by atoms with Crippen molar-refractivity contribution in [2.24, 2.45) is 0 Å². The molecule has 2 aromatic rings. The van der Waals surface area contributed by atoms with Crippen molar-refractivity contribution in [3.8, 4) is 0 Å². The van der Waals surface area contributed by atoms with E-state index in [1.807, 2.05) is 12.1 Å². The van der Waals surface area contributed by atoms with Crippen molar-refractivity contribution in [2.45, 2.75) is 19.0 Å². The summed E-state index contributed by atoms with van der Waals surface area (Å²) in [6, 6.07) is 8.46. The van der Waals surface area contributed by atoms with E-state index in [9.17, 15) is 13.2 Å². The fourth-order valence-electron chi connectivity index (χ4n) is 1.84. The Morgan fingerprint density at radius 1 is 1.14 bits per heavy atom. The Bertz CT molecular complexity index is 594. The Balaban J connectivity index is 1.72. The smallest absolute Gasteiger partial charge is 0.416 e. The number of anilines is 1. The van der Waals surface area contributed by atoms with Crippen molar-refractivity contribution in [2.75, 3.05) is 11.9 Å². The van der Waals surface area contributed by atoms with Crippen molar-refractivity contribution >= 4 is 23.0 Å². The van der Waals surface area contributed by atoms with Crippen LogP contribution in [0.3, 0.4) is 0 Å². The Labute approximate surface area is 131 Å². The molecule has 0 saturated heterocycles. The molecule has 0 spiro atoms. The Hall–Kier alpha value is -2.02. The minimum absolute atomic E-state index is 0.374. The molecule has 0 amide bonds. The van der Waals surface area contributed by atoms with Gasteiger partial charge >= 0.3 is 6.18 Å². The number of thiocarbonyl (C=S) groups is 1. The molecule has 2 N–H and O–H groups in total. The average Bonchev–Trinajstić information content (AvgIpc) is 2.96. The van der Waals surface area contributed by atoms with Crippen LogP contribution in [0.1, 0.15) is 17.7 Å². The number of hydrogen-bond donors (Lipinski definition) is 2. The van der Waals surface area contributed by atoms with Gasteiger partial charge in [0.15, 0.2) is 5.11 Å². The predicted octanol–water partition coefficient (Wildman–Crippen LogP) is 4.22. The summed E-state index contributed by atoms with van der Waals surface area (Å²) < 4.78 is 42.5. The molecule has 0 aliphatic heterocycles. The van der Waals surface area contributed by atoms with E-state index in [2.05, 4.69) is 10.6 Å². The van der Waals surface area contributed by atoms with Gasteiger partial charge in [-0.2, -0.15) is 13.2 Å². The van der Waals surface area contributed by atoms with Crippen LogP contribution in [0.2, 0.25) is 0 Å². The third kappa shape index (κ3) is 5.07. The van der Waals surface area contributed by atoms with Crippen LogP contribution < -0.4 is 10.6 Å². The zero-order valence-electron chi connectivity index (χ0n) is 11.6. The summed E-state index contributed by atoms with van der Waals surface area (Å²) in [7, 11) is 0. The fraction of sp³-hybridized carbons (Fsp3) is 0.267. The lowest BCUT2D eigenvalue weighted by Gasteiger charge is -2.11. The Kier molecular flexibility index (Phi) is 5.43. The van der Waals surface area contributed by atoms with Crippen LogP contribution in [0.15, 0.2) is 47.1 Å². The van der Waals surface area contributed by atoms with Crippen LogP contribution >= 0.6 is 12.2 Å². The van der Waals surface area contributed by atoms with E-state index in [4.69, 9.17) is 16.6 Å². The molecular weight excluding hydrogens is 313 g/mol. The summed E-state index contributed by atoms with van der Waals surface area (Å²) in [5.41, 5.74) is -0.174. The van der Waals surface area contributed by atoms with Crippen LogP contribution in [0.4, 0.5) is 18.9 Å². The van der Waals surface area contributed by atoms with E-state index >= 15 is 0 Å². The summed E-state index contributed by atoms with van der Waals surface area (Å²) >= 11 is 5.09. The van der Waals surface area contributed by atoms with E-state index in [1.165, 1.54) is 12.1 Å². The summed E-state index contributed by atoms with van der Waals surface area (Å²) in [6.45, 7) is 0.646. The number of alkyl halides is 3. The van der Waals surface area contributed by atoms with Crippen molar-refractivity contribution in [3.63, 3.8) is 0 Å². The maximum atomic E-state index is 12.4. The average molecular weight is 328 g/mol. The largest absolute Gasteiger partial charge is 0.469 e. The molecule has 1 aromatic carbocycles. The van der Waals surface area contributed by atoms with E-state index in [1.54, 1.807) is 6.26 Å². The first-order valence-electron chi connectivity index (χ1n) is 6.69. The molecule has 3 nitrogen and oxygen atoms in total. The van der Waals surface area contributed by atoms with Gasteiger partial charge in [-0.3, -0.25) is 0 Å². The summed E-state index contributed by atoms with van der Waals surface area (Å²) in [4.78, 5) is 0. The highest BCUT2D eigenvalue weighted by Gasteiger charge is 2.29. The lowest BCUT2D eigenvalue weighted by atomic mass is 10.2. The van der Waals surface area contributed by atoms with Crippen molar-refractivity contribution in [1.29, 1.82) is 0 Å². The van der Waals surface area contributed by atoms with Gasteiger partial charge in [0.25, 0.3) is 0 Å². The minimum Gasteiger partial charge on any atom is -0.469 e. The summed E-state index contributed by atoms with van der Waals surface area (Å²) in [5, 5.41) is 6.21. The van der Waals surface area contributed by atoms with Crippen LogP contribution in [0.5, 0.6) is 0 Å². The monoisotopic (exact) mass is 328 g/mol. The molecule has 0 radical (unpaired) electrons. The zero-order chi connectivity index (χ0) is 16.0. The minimum atomic E-state index is -4.33. The lowest BCUT2D eigenvalue weighted by molar-refractivity contribution is -0.137. The Morgan fingerprint density at radius 2 is 1.86 bits per heavy atom. The first-order chi connectivity index (χ1) is 10.4. The van der Waals surface area contributed by atoms with Gasteiger partial charge in [-0.25, -0.2) is 0 Å². The highest BCUT2D eigenvalue weighted by atomic mass is 32.1. The van der Waals surface area contributed by atoms with Gasteiger partial charge < -0.3 is 15.1 Å². The second-order valence-corrected chi connectivity index (χ2v) is 5.05. The quantitative estimate of drug-likeness (QED) is 0.637. The standard InChI is InChI=1S/C15H15F3N2OS/c16-15(17,18)11-5-7-12(8-6-11)20-14(22)19-9-1-3-13-4-2-10-21-13/h2,4-8,10H,1,3,9H2,(H2,19,20,22). The van der Waals surface area contributed by atoms with Gasteiger partial charge in [0, 0.05) is 18.7 Å². The lowest BCUT2D eigenvalue weighted by Crippen LogP contribution is -2.29. The topological polar surface area (TPSA) is 37.2 Å². The molecule has 0 atom stereocenters. The second-order valence-electron chi connectivity index (χ2n) is 4.64. The van der Waals surface area contributed by atoms with Crippen molar-refractivity contribution in [1.82, 2.24) is 5.32 Å². The third-order valence-electron chi connectivity index (χ3n) is 2.94. The summed E-state index contributed by atoms with van der Waals surface area (Å²) in [6.07, 6.45) is -1.08. The predicted molar refractivity (Wildman–Crippen MR) is 82.7 cm³/mol. The first-order valence-corrected chi connectivity index (χ1v) is 7.10. The van der Waals surface area contributed by atoms with Gasteiger partial charge in [0.2, 0.25) is 0 Å². The maximum absolute atomic E-state index is 12.4. The molecule has 0 bridgehead atoms. The SMILES string of the molecule is FC(F)(F)c1ccc(NC(=S)NCCCc2ccco2)cc1. The van der Waals surface area contributed by atoms with Gasteiger partial charge in [-0.05, 0) is 55.0 Å². The van der Waals surface area contributed by atoms with Crippen molar-refractivity contribution < 1.29 is 17.6 Å². The molecule has 0 saturated carbocycles. The van der Waals surface area contributed by atoms with Gasteiger partial charge in [-0.1, -0.05) is 0 Å². The number of furan rings is 1. The number of benzene rings is 1. The summed E-state index contributed by atoms with van der Waals surface area (Å²) in [5.74, 6) is 0.906. The number of aryl methyl sites for hydroxylation is 1. The van der Waals surface area contributed by atoms with Gasteiger partial charge in [-0.15, -0.1) is 0 Å². The van der Waals surface area contributed by atoms with Gasteiger partial charge in [0.05, 0.1) is 11.8 Å². The highest BCUT2D eigenvalue weighted by Crippen LogP contribution is 2.29. The first kappa shape index (κ1) is 16.4. The van der Waals surface area contributed by atoms with Crippen molar-refractivity contribution in [3.05, 3.63) is 54.0 Å². The third-order valence-corrected chi connectivity index (χ3v) is 3.18. The Morgan fingerprint density at radius 3 is 2.45 bits per heavy atom. The number of rotatable bonds is 5. The highest BCUT2D eigenvalue weighted by molar-refractivity contribution is 7.80. The van der Waals surface area contributed by atoms with Crippen LogP contribution in [0, 0.1) is 0 Å². The van der Waals surface area contributed by atoms with E-state index in [0.717, 1.165) is 30.7 Å². The van der Waals surface area contributed by atoms with Crippen LogP contribution in [0.25, 0.3) is 0 Å². The van der Waals surface area contributed by atoms with E-state index in [0.29, 0.717) is 17.3 Å². The molecule has 118 valence electrons. The molecule has 22 heavy (non-hydrogen) atoms. The van der Waals surface area contributed by atoms with Crippen LogP contribution in [-0.4, -0.2) is 11.7 Å². The van der Waals surface area contributed by atoms with E-state index < -0.39 is 11.7 Å². The molecule has 0 fully saturated rings. The van der Waals surface area contributed by atoms with Gasteiger partial charge in [0.1, 0.15) is 5.76 Å². The molecule has 0 unspecified atom stereocenters. The molecule has 7 heteroatoms. The fourth-order valence-corrected chi connectivity index (χ4v) is 2.06. The maximum Gasteiger partial charge on any atom is 0.416 e. The molecule has 0 aliphatic carbocycles. The molecule has 1 heterocycles. The number of halogens is 3. The molecule has 0 aliphatic rings. The normalized spacial score (nSPS) is 11.2.